The van der Waals surface area contributed by atoms with Gasteiger partial charge < -0.3 is 0 Å². The van der Waals surface area contributed by atoms with E-state index in [2.05, 4.69) is 109 Å². The number of nitrogens with one attached hydrogen (secondary N) is 1. The predicted molar refractivity (Wildman–Crippen MR) is 227 cm³/mol. The molecule has 0 spiro atoms. The van der Waals surface area contributed by atoms with Crippen molar-refractivity contribution < 1.29 is 4.57 Å². The third kappa shape index (κ3) is 5.91. The highest BCUT2D eigenvalue weighted by atomic mass is 32.1. The molecule has 1 aliphatic heterocycles. The first kappa shape index (κ1) is 35.4. The highest BCUT2D eigenvalue weighted by molar-refractivity contribution is 7.22. The molecule has 1 aliphatic rings. The summed E-state index contributed by atoms with van der Waals surface area (Å²) in [5, 5.41) is 30.8. The molecule has 5 heterocycles. The molecule has 0 unspecified atom stereocenters. The second-order valence-electron chi connectivity index (χ2n) is 15.2. The molecule has 0 radical (unpaired) electrons. The minimum atomic E-state index is -0.426. The molecule has 10 nitrogen and oxygen atoms in total. The first-order valence-corrected chi connectivity index (χ1v) is 20.1. The zero-order valence-corrected chi connectivity index (χ0v) is 33.8. The minimum Gasteiger partial charge on any atom is -0.271 e. The van der Waals surface area contributed by atoms with Gasteiger partial charge in [0.1, 0.15) is 29.6 Å². The Labute approximate surface area is 333 Å². The maximum Gasteiger partial charge on any atom is 0.256 e. The van der Waals surface area contributed by atoms with E-state index in [1.807, 2.05) is 51.1 Å². The summed E-state index contributed by atoms with van der Waals surface area (Å²) in [6, 6.07) is 33.6. The summed E-state index contributed by atoms with van der Waals surface area (Å²) in [6.07, 6.45) is 0. The lowest BCUT2D eigenvalue weighted by molar-refractivity contribution is -0.661. The van der Waals surface area contributed by atoms with Gasteiger partial charge in [-0.2, -0.15) is 15.0 Å². The Morgan fingerprint density at radius 2 is 1.46 bits per heavy atom. The Morgan fingerprint density at radius 1 is 0.804 bits per heavy atom. The number of fused-ring (bicyclic) bond motifs is 4. The molecule has 0 bridgehead atoms. The maximum absolute atomic E-state index is 10.6. The molecule has 0 aliphatic carbocycles. The fourth-order valence-electron chi connectivity index (χ4n) is 7.43. The van der Waals surface area contributed by atoms with Crippen LogP contribution in [0.3, 0.4) is 0 Å². The van der Waals surface area contributed by atoms with E-state index in [1.165, 1.54) is 11.3 Å². The first-order chi connectivity index (χ1) is 27.0. The number of azo groups is 1. The third-order valence-corrected chi connectivity index (χ3v) is 12.2. The molecular weight excluding hydrogens is 733 g/mol. The molecule has 0 atom stereocenters. The van der Waals surface area contributed by atoms with Crippen molar-refractivity contribution in [1.82, 2.24) is 19.7 Å². The lowest BCUT2D eigenvalue weighted by atomic mass is 9.90. The van der Waals surface area contributed by atoms with Gasteiger partial charge in [0.25, 0.3) is 10.9 Å². The molecule has 12 heteroatoms. The number of anilines is 5. The van der Waals surface area contributed by atoms with Crippen LogP contribution in [-0.2, 0) is 12.0 Å². The number of nitrogens with zero attached hydrogens (tertiary/aromatic N) is 9. The zero-order valence-electron chi connectivity index (χ0n) is 32.2. The molecule has 56 heavy (non-hydrogen) atoms. The number of aryl methyl sites for hydroxylation is 4. The summed E-state index contributed by atoms with van der Waals surface area (Å²) >= 11 is 3.18. The second kappa shape index (κ2) is 13.5. The van der Waals surface area contributed by atoms with Crippen LogP contribution in [0.4, 0.5) is 39.6 Å². The fraction of sp³-hybridized carbons (Fsp3) is 0.205. The molecule has 1 N–H and O–H groups in total. The summed E-state index contributed by atoms with van der Waals surface area (Å²) in [4.78, 5) is 12.4. The van der Waals surface area contributed by atoms with Gasteiger partial charge in [-0.25, -0.2) is 19.4 Å². The van der Waals surface area contributed by atoms with Gasteiger partial charge in [-0.15, -0.1) is 10.2 Å². The van der Waals surface area contributed by atoms with Crippen molar-refractivity contribution in [2.45, 2.75) is 60.4 Å². The van der Waals surface area contributed by atoms with E-state index in [0.29, 0.717) is 34.4 Å². The topological polar surface area (TPSA) is 111 Å². The number of thiazole rings is 2. The van der Waals surface area contributed by atoms with Crippen LogP contribution < -0.4 is 14.8 Å². The van der Waals surface area contributed by atoms with Crippen LogP contribution in [0.2, 0.25) is 0 Å². The molecular formula is C44H39N10S2+. The summed E-state index contributed by atoms with van der Waals surface area (Å²) in [5.41, 5.74) is 10.7. The van der Waals surface area contributed by atoms with Gasteiger partial charge in [0.2, 0.25) is 10.9 Å². The van der Waals surface area contributed by atoms with Gasteiger partial charge in [0.15, 0.2) is 11.5 Å². The van der Waals surface area contributed by atoms with Crippen molar-refractivity contribution in [2.75, 3.05) is 10.2 Å². The summed E-state index contributed by atoms with van der Waals surface area (Å²) in [5.74, 6) is 2.08. The molecule has 8 aromatic rings. The largest absolute Gasteiger partial charge is 0.271 e. The van der Waals surface area contributed by atoms with E-state index in [9.17, 15) is 5.26 Å². The van der Waals surface area contributed by atoms with E-state index in [4.69, 9.17) is 25.3 Å². The number of pyridine rings is 1. The van der Waals surface area contributed by atoms with Gasteiger partial charge in [0.05, 0.1) is 26.1 Å². The fourth-order valence-corrected chi connectivity index (χ4v) is 9.33. The van der Waals surface area contributed by atoms with Crippen LogP contribution in [0, 0.1) is 39.0 Å². The SMILES string of the molecule is Cc1cc(N(c2nc3ccccc3s2)c2c(C)cccc2C)[n+]2c(c1N=Nc1c(C#N)c(C(C)(C)C)nn1-c1nc3ccccc3s1)Nc1c(C)cccc1C2. The first-order valence-electron chi connectivity index (χ1n) is 18.5. The summed E-state index contributed by atoms with van der Waals surface area (Å²) in [7, 11) is 0. The van der Waals surface area contributed by atoms with Crippen molar-refractivity contribution in [3.63, 3.8) is 0 Å². The van der Waals surface area contributed by atoms with Gasteiger partial charge in [0, 0.05) is 17.0 Å². The maximum atomic E-state index is 10.6. The average molecular weight is 772 g/mol. The van der Waals surface area contributed by atoms with Crippen LogP contribution in [0.15, 0.2) is 101 Å². The van der Waals surface area contributed by atoms with Crippen molar-refractivity contribution in [3.8, 4) is 11.2 Å². The lowest BCUT2D eigenvalue weighted by Crippen LogP contribution is -2.45. The monoisotopic (exact) mass is 771 g/mol. The Bertz CT molecular complexity index is 2850. The Balaban J connectivity index is 1.28. The molecule has 0 amide bonds. The van der Waals surface area contributed by atoms with Crippen LogP contribution in [0.25, 0.3) is 25.6 Å². The number of hydrogen-bond donors (Lipinski definition) is 1. The van der Waals surface area contributed by atoms with E-state index in [-0.39, 0.29) is 0 Å². The van der Waals surface area contributed by atoms with E-state index >= 15 is 0 Å². The van der Waals surface area contributed by atoms with Crippen LogP contribution in [0.5, 0.6) is 0 Å². The molecule has 0 saturated carbocycles. The van der Waals surface area contributed by atoms with Gasteiger partial charge in [-0.05, 0) is 74.2 Å². The van der Waals surface area contributed by atoms with E-state index < -0.39 is 5.41 Å². The standard InChI is InChI=1S/C44H38N10S2/c1-25-14-13-17-29-24-52-35(53(38-26(2)15-12-16-27(38)3)42-46-31-18-8-10-20-33(31)55-42)22-28(4)37(41(52)48-36(25)29)49-50-40-30(23-45)39(44(5,6)7)51-54(40)43-47-32-19-9-11-21-34(32)56-43/h8-22H,24H2,1-7H3/p+1. The molecule has 276 valence electrons. The Hall–Kier alpha value is -6.29. The summed E-state index contributed by atoms with van der Waals surface area (Å²) < 4.78 is 6.09. The lowest BCUT2D eigenvalue weighted by Gasteiger charge is -2.28. The summed E-state index contributed by atoms with van der Waals surface area (Å²) in [6.45, 7) is 15.2. The molecule has 4 aromatic heterocycles. The number of para-hydroxylation sites is 4. The average Bonchev–Trinajstić information content (AvgIpc) is 3.90. The second-order valence-corrected chi connectivity index (χ2v) is 17.2. The molecule has 0 fully saturated rings. The van der Waals surface area contributed by atoms with Crippen molar-refractivity contribution in [2.24, 2.45) is 10.2 Å². The predicted octanol–water partition coefficient (Wildman–Crippen LogP) is 11.8. The number of nitriles is 1. The molecule has 9 rings (SSSR count). The van der Waals surface area contributed by atoms with Crippen molar-refractivity contribution in [1.29, 1.82) is 5.26 Å². The van der Waals surface area contributed by atoms with Crippen LogP contribution >= 0.6 is 22.7 Å². The van der Waals surface area contributed by atoms with E-state index in [0.717, 1.165) is 76.4 Å². The Kier molecular flexibility index (Phi) is 8.52. The molecule has 4 aromatic carbocycles. The number of benzene rings is 4. The number of rotatable bonds is 6. The number of hydrogen-bond acceptors (Lipinski definition) is 10. The minimum absolute atomic E-state index is 0.345. The smallest absolute Gasteiger partial charge is 0.256 e. The normalized spacial score (nSPS) is 12.5. The van der Waals surface area contributed by atoms with Crippen molar-refractivity contribution in [3.05, 3.63) is 130 Å². The Morgan fingerprint density at radius 3 is 2.14 bits per heavy atom. The quantitative estimate of drug-likeness (QED) is 0.133. The number of aromatic nitrogens is 5. The van der Waals surface area contributed by atoms with Crippen LogP contribution in [-0.4, -0.2) is 19.7 Å². The third-order valence-electron chi connectivity index (χ3n) is 10.2. The van der Waals surface area contributed by atoms with Gasteiger partial charge in [-0.3, -0.25) is 5.32 Å². The van der Waals surface area contributed by atoms with Crippen LogP contribution in [0.1, 0.15) is 59.8 Å². The van der Waals surface area contributed by atoms with E-state index in [1.54, 1.807) is 16.0 Å². The van der Waals surface area contributed by atoms with Crippen molar-refractivity contribution >= 4 is 82.8 Å². The van der Waals surface area contributed by atoms with Gasteiger partial charge in [-0.1, -0.05) is 104 Å². The molecule has 0 saturated heterocycles. The van der Waals surface area contributed by atoms with Gasteiger partial charge >= 0.3 is 0 Å². The highest BCUT2D eigenvalue weighted by Gasteiger charge is 2.35. The zero-order chi connectivity index (χ0) is 38.9. The highest BCUT2D eigenvalue weighted by Crippen LogP contribution is 2.45.